The fourth-order valence-electron chi connectivity index (χ4n) is 10.1. The minimum atomic E-state index is -2.42. The van der Waals surface area contributed by atoms with Crippen molar-refractivity contribution in [3.63, 3.8) is 0 Å². The summed E-state index contributed by atoms with van der Waals surface area (Å²) in [5, 5.41) is 39.7. The van der Waals surface area contributed by atoms with Crippen molar-refractivity contribution in [2.75, 3.05) is 6.61 Å². The summed E-state index contributed by atoms with van der Waals surface area (Å²) in [6, 6.07) is 13.9. The summed E-state index contributed by atoms with van der Waals surface area (Å²) >= 11 is 0. The first-order valence-electron chi connectivity index (χ1n) is 19.5. The SMILES string of the molecule is [3H][C@H]1C[C@@]2(O)C(OC(=O)c3ccccc3)C3[C@@](C)([C@@H](O[Si](CC)(CC)CC)C[C@H]4OC[C@@]34O)[C@H](O)[C@H](O[Si](CC)(CC)CC)C(=C1C)C2(C)C. The number of carbonyl (C=O) groups is 1. The second kappa shape index (κ2) is 13.9. The molecule has 10 atom stereocenters. The number of rotatable bonds is 12. The van der Waals surface area contributed by atoms with Gasteiger partial charge in [-0.05, 0) is 73.7 Å². The van der Waals surface area contributed by atoms with Crippen molar-refractivity contribution in [3.8, 4) is 0 Å². The lowest BCUT2D eigenvalue weighted by Crippen LogP contribution is -2.82. The standard InChI is InChI=1S/C39H64O8Si2/c1-11-48(12-2,13-3)46-28-24-29-38(42,25-44-29)32-34(45-35(41)27-20-18-17-19-21-27)39(43)23-22-26(7)30(36(39,8)9)31(33(40)37(28,32)10)47-49(14-4,15-5)16-6/h17-21,28-29,31-34,40,42-43H,11-16,22-25H2,1-10H3/t28-,29+,31+,32?,33+,34?,37+,38-,39+/m0/s1/i22T/t22-,28-,29+,31+,32?,33+,34?,37+,38-,39+. The minimum absolute atomic E-state index is 0.0138. The molecule has 1 heterocycles. The van der Waals surface area contributed by atoms with E-state index in [1.54, 1.807) is 24.3 Å². The van der Waals surface area contributed by atoms with Crippen molar-refractivity contribution < 1.29 is 39.8 Å². The van der Waals surface area contributed by atoms with Gasteiger partial charge in [0, 0.05) is 24.5 Å². The topological polar surface area (TPSA) is 115 Å². The molecule has 1 aromatic rings. The van der Waals surface area contributed by atoms with E-state index in [2.05, 4.69) is 41.5 Å². The van der Waals surface area contributed by atoms with Crippen LogP contribution in [0.1, 0.15) is 100 Å². The van der Waals surface area contributed by atoms with Crippen LogP contribution >= 0.6 is 0 Å². The van der Waals surface area contributed by atoms with Crippen LogP contribution in [0, 0.1) is 16.7 Å². The zero-order valence-electron chi connectivity index (χ0n) is 32.7. The highest BCUT2D eigenvalue weighted by Crippen LogP contribution is 2.65. The molecule has 1 aliphatic heterocycles. The van der Waals surface area contributed by atoms with E-state index in [9.17, 15) is 21.5 Å². The number of fused-ring (bicyclic) bond motifs is 5. The highest BCUT2D eigenvalue weighted by Gasteiger charge is 2.76. The van der Waals surface area contributed by atoms with Gasteiger partial charge in [0.25, 0.3) is 0 Å². The quantitative estimate of drug-likeness (QED) is 0.117. The largest absolute Gasteiger partial charge is 0.455 e. The van der Waals surface area contributed by atoms with E-state index >= 15 is 0 Å². The predicted octanol–water partition coefficient (Wildman–Crippen LogP) is 7.39. The van der Waals surface area contributed by atoms with E-state index < -0.39 is 87.5 Å². The van der Waals surface area contributed by atoms with Crippen LogP contribution in [-0.2, 0) is 18.3 Å². The summed E-state index contributed by atoms with van der Waals surface area (Å²) in [6.45, 7) is 20.7. The summed E-state index contributed by atoms with van der Waals surface area (Å²) in [5.41, 5.74) is -3.93. The molecule has 1 aromatic carbocycles. The molecular formula is C39H64O8Si2. The molecule has 4 aliphatic rings. The fraction of sp³-hybridized carbons (Fsp3) is 0.769. The fourth-order valence-corrected chi connectivity index (χ4v) is 15.8. The Kier molecular flexibility index (Phi) is 10.6. The summed E-state index contributed by atoms with van der Waals surface area (Å²) in [6.07, 6.45) is -5.10. The van der Waals surface area contributed by atoms with Crippen molar-refractivity contribution in [3.05, 3.63) is 47.0 Å². The van der Waals surface area contributed by atoms with Crippen LogP contribution in [0.5, 0.6) is 0 Å². The van der Waals surface area contributed by atoms with Gasteiger partial charge >= 0.3 is 5.97 Å². The van der Waals surface area contributed by atoms with E-state index in [1.807, 2.05) is 33.8 Å². The zero-order chi connectivity index (χ0) is 37.1. The van der Waals surface area contributed by atoms with Crippen LogP contribution in [0.15, 0.2) is 41.5 Å². The van der Waals surface area contributed by atoms with Gasteiger partial charge in [-0.1, -0.05) is 86.1 Å². The first-order valence-corrected chi connectivity index (χ1v) is 24.0. The van der Waals surface area contributed by atoms with E-state index in [4.69, 9.17) is 18.3 Å². The average molecular weight is 719 g/mol. The molecule has 0 spiro atoms. The molecule has 0 amide bonds. The first kappa shape index (κ1) is 37.4. The lowest BCUT2D eigenvalue weighted by atomic mass is 9.44. The molecule has 1 saturated heterocycles. The Morgan fingerprint density at radius 2 is 1.49 bits per heavy atom. The van der Waals surface area contributed by atoms with Gasteiger partial charge in [-0.2, -0.15) is 0 Å². The van der Waals surface area contributed by atoms with Crippen LogP contribution < -0.4 is 0 Å². The van der Waals surface area contributed by atoms with Gasteiger partial charge in [0.05, 0.1) is 36.6 Å². The third-order valence-corrected chi connectivity index (χ3v) is 23.4. The van der Waals surface area contributed by atoms with E-state index in [-0.39, 0.29) is 13.0 Å². The maximum Gasteiger partial charge on any atom is 0.338 e. The highest BCUT2D eigenvalue weighted by atomic mass is 28.4. The highest BCUT2D eigenvalue weighted by molar-refractivity contribution is 6.74. The lowest BCUT2D eigenvalue weighted by molar-refractivity contribution is -0.360. The first-order chi connectivity index (χ1) is 23.4. The van der Waals surface area contributed by atoms with E-state index in [1.165, 1.54) is 0 Å². The van der Waals surface area contributed by atoms with Gasteiger partial charge in [-0.3, -0.25) is 0 Å². The van der Waals surface area contributed by atoms with Crippen LogP contribution in [0.25, 0.3) is 0 Å². The molecule has 0 aromatic heterocycles. The molecule has 276 valence electrons. The number of benzene rings is 1. The number of ether oxygens (including phenoxy) is 2. The molecular weight excluding hydrogens is 653 g/mol. The third kappa shape index (κ3) is 5.88. The Balaban J connectivity index is 1.85. The third-order valence-electron chi connectivity index (χ3n) is 14.2. The zero-order valence-corrected chi connectivity index (χ0v) is 33.7. The summed E-state index contributed by atoms with van der Waals surface area (Å²) in [7, 11) is -4.75. The maximum absolute atomic E-state index is 14.1. The van der Waals surface area contributed by atoms with Crippen LogP contribution in [-0.4, -0.2) is 86.3 Å². The van der Waals surface area contributed by atoms with Crippen molar-refractivity contribution in [2.45, 2.75) is 166 Å². The normalized spacial score (nSPS) is 39.1. The van der Waals surface area contributed by atoms with Gasteiger partial charge < -0.3 is 33.6 Å². The van der Waals surface area contributed by atoms with Gasteiger partial charge in [0.2, 0.25) is 0 Å². The molecule has 3 aliphatic carbocycles. The molecule has 2 unspecified atom stereocenters. The number of esters is 1. The number of hydrogen-bond donors (Lipinski definition) is 3. The summed E-state index contributed by atoms with van der Waals surface area (Å²) in [4.78, 5) is 14.1. The van der Waals surface area contributed by atoms with Gasteiger partial charge in [0.1, 0.15) is 17.3 Å². The van der Waals surface area contributed by atoms with Gasteiger partial charge in [0.15, 0.2) is 16.6 Å². The number of aliphatic hydroxyl groups is 3. The monoisotopic (exact) mass is 718 g/mol. The molecule has 49 heavy (non-hydrogen) atoms. The van der Waals surface area contributed by atoms with Crippen LogP contribution in [0.3, 0.4) is 0 Å². The molecule has 5 rings (SSSR count). The average Bonchev–Trinajstić information content (AvgIpc) is 3.11. The molecule has 10 heteroatoms. The van der Waals surface area contributed by atoms with Gasteiger partial charge in [-0.15, -0.1) is 0 Å². The van der Waals surface area contributed by atoms with E-state index in [0.29, 0.717) is 17.6 Å². The molecule has 2 bridgehead atoms. The Morgan fingerprint density at radius 1 is 0.939 bits per heavy atom. The molecule has 0 radical (unpaired) electrons. The summed E-state index contributed by atoms with van der Waals surface area (Å²) < 4.78 is 36.9. The number of allylic oxidation sites excluding steroid dienone is 1. The maximum atomic E-state index is 14.1. The van der Waals surface area contributed by atoms with Gasteiger partial charge in [-0.25, -0.2) is 4.79 Å². The van der Waals surface area contributed by atoms with Crippen molar-refractivity contribution in [1.82, 2.24) is 0 Å². The van der Waals surface area contributed by atoms with Crippen LogP contribution in [0.4, 0.5) is 0 Å². The second-order valence-electron chi connectivity index (χ2n) is 16.2. The molecule has 3 N–H and O–H groups in total. The molecule has 3 fully saturated rings. The van der Waals surface area contributed by atoms with E-state index in [0.717, 1.165) is 41.8 Å². The Morgan fingerprint density at radius 3 is 2.00 bits per heavy atom. The van der Waals surface area contributed by atoms with Crippen molar-refractivity contribution >= 4 is 22.6 Å². The van der Waals surface area contributed by atoms with Crippen LogP contribution in [0.2, 0.25) is 36.3 Å². The molecule has 2 saturated carbocycles. The van der Waals surface area contributed by atoms with Crippen molar-refractivity contribution in [1.29, 1.82) is 0 Å². The lowest BCUT2D eigenvalue weighted by Gasteiger charge is -2.69. The minimum Gasteiger partial charge on any atom is -0.455 e. The number of hydrogen-bond acceptors (Lipinski definition) is 8. The Hall–Kier alpha value is -1.38. The smallest absolute Gasteiger partial charge is 0.338 e. The van der Waals surface area contributed by atoms with Crippen molar-refractivity contribution in [2.24, 2.45) is 16.7 Å². The Bertz CT molecular complexity index is 1400. The second-order valence-corrected chi connectivity index (χ2v) is 25.6. The predicted molar refractivity (Wildman–Crippen MR) is 197 cm³/mol. The number of aliphatic hydroxyl groups excluding tert-OH is 1. The number of carbonyl (C=O) groups excluding carboxylic acids is 1. The molecule has 8 nitrogen and oxygen atoms in total. The summed E-state index contributed by atoms with van der Waals surface area (Å²) in [5.74, 6) is -1.63. The Labute approximate surface area is 298 Å².